The van der Waals surface area contributed by atoms with Crippen LogP contribution in [0, 0.1) is 0 Å². The minimum atomic E-state index is 0.689. The van der Waals surface area contributed by atoms with Gasteiger partial charge in [0.05, 0.1) is 0 Å². The summed E-state index contributed by atoms with van der Waals surface area (Å²) >= 11 is 0. The van der Waals surface area contributed by atoms with Gasteiger partial charge in [-0.25, -0.2) is 0 Å². The van der Waals surface area contributed by atoms with Gasteiger partial charge in [0.25, 0.3) is 0 Å². The van der Waals surface area contributed by atoms with Crippen LogP contribution in [0.4, 0.5) is 0 Å². The zero-order valence-corrected chi connectivity index (χ0v) is 12.8. The SMILES string of the molecule is CCC1CCN(C2CCN3CCCC23)CCC(C)N1. The van der Waals surface area contributed by atoms with Crippen molar-refractivity contribution in [3.63, 3.8) is 0 Å². The van der Waals surface area contributed by atoms with Crippen LogP contribution in [-0.2, 0) is 0 Å². The standard InChI is InChI=1S/C16H31N3/c1-3-14-7-11-19(10-6-13(2)17-14)16-8-12-18-9-4-5-15(16)18/h13-17H,3-12H2,1-2H3. The lowest BCUT2D eigenvalue weighted by molar-refractivity contribution is 0.133. The van der Waals surface area contributed by atoms with Crippen molar-refractivity contribution < 1.29 is 0 Å². The van der Waals surface area contributed by atoms with E-state index in [4.69, 9.17) is 0 Å². The molecule has 3 heterocycles. The molecule has 0 aromatic rings. The van der Waals surface area contributed by atoms with Crippen molar-refractivity contribution in [2.24, 2.45) is 0 Å². The molecule has 3 heteroatoms. The van der Waals surface area contributed by atoms with Crippen LogP contribution in [0.3, 0.4) is 0 Å². The monoisotopic (exact) mass is 265 g/mol. The Morgan fingerprint density at radius 2 is 1.58 bits per heavy atom. The van der Waals surface area contributed by atoms with Gasteiger partial charge < -0.3 is 5.32 Å². The van der Waals surface area contributed by atoms with E-state index in [0.717, 1.165) is 18.1 Å². The van der Waals surface area contributed by atoms with Crippen molar-refractivity contribution in [3.05, 3.63) is 0 Å². The molecule has 3 aliphatic heterocycles. The van der Waals surface area contributed by atoms with E-state index in [9.17, 15) is 0 Å². The maximum Gasteiger partial charge on any atom is 0.0263 e. The number of nitrogens with zero attached hydrogens (tertiary/aromatic N) is 2. The third-order valence-corrected chi connectivity index (χ3v) is 5.67. The predicted molar refractivity (Wildman–Crippen MR) is 80.5 cm³/mol. The summed E-state index contributed by atoms with van der Waals surface area (Å²) < 4.78 is 0. The number of rotatable bonds is 2. The lowest BCUT2D eigenvalue weighted by atomic mass is 10.0. The van der Waals surface area contributed by atoms with Gasteiger partial charge in [0, 0.05) is 30.7 Å². The highest BCUT2D eigenvalue weighted by Crippen LogP contribution is 2.32. The Balaban J connectivity index is 1.63. The van der Waals surface area contributed by atoms with Gasteiger partial charge >= 0.3 is 0 Å². The maximum absolute atomic E-state index is 3.79. The largest absolute Gasteiger partial charge is 0.311 e. The molecule has 4 atom stereocenters. The second-order valence-corrected chi connectivity index (χ2v) is 6.89. The van der Waals surface area contributed by atoms with Gasteiger partial charge in [0.1, 0.15) is 0 Å². The van der Waals surface area contributed by atoms with Crippen LogP contribution >= 0.6 is 0 Å². The highest BCUT2D eigenvalue weighted by atomic mass is 15.3. The average Bonchev–Trinajstić information content (AvgIpc) is 2.97. The van der Waals surface area contributed by atoms with Crippen LogP contribution in [-0.4, -0.2) is 60.1 Å². The van der Waals surface area contributed by atoms with Crippen LogP contribution in [0.2, 0.25) is 0 Å². The smallest absolute Gasteiger partial charge is 0.0263 e. The molecule has 110 valence electrons. The molecule has 1 N–H and O–H groups in total. The van der Waals surface area contributed by atoms with E-state index in [1.165, 1.54) is 64.7 Å². The summed E-state index contributed by atoms with van der Waals surface area (Å²) in [5, 5.41) is 3.79. The van der Waals surface area contributed by atoms with E-state index in [-0.39, 0.29) is 0 Å². The van der Waals surface area contributed by atoms with Crippen LogP contribution in [0.1, 0.15) is 52.4 Å². The van der Waals surface area contributed by atoms with Gasteiger partial charge in [-0.15, -0.1) is 0 Å². The van der Waals surface area contributed by atoms with Gasteiger partial charge in [-0.3, -0.25) is 9.80 Å². The molecule has 0 bridgehead atoms. The van der Waals surface area contributed by atoms with Gasteiger partial charge in [0.15, 0.2) is 0 Å². The molecule has 0 aliphatic carbocycles. The van der Waals surface area contributed by atoms with Crippen LogP contribution in [0.15, 0.2) is 0 Å². The van der Waals surface area contributed by atoms with Crippen molar-refractivity contribution in [2.75, 3.05) is 26.2 Å². The highest BCUT2D eigenvalue weighted by Gasteiger charge is 2.40. The zero-order chi connectivity index (χ0) is 13.2. The summed E-state index contributed by atoms with van der Waals surface area (Å²) in [4.78, 5) is 5.60. The number of fused-ring (bicyclic) bond motifs is 1. The fraction of sp³-hybridized carbons (Fsp3) is 1.00. The van der Waals surface area contributed by atoms with Gasteiger partial charge in [-0.05, 0) is 65.1 Å². The Morgan fingerprint density at radius 1 is 0.895 bits per heavy atom. The van der Waals surface area contributed by atoms with Gasteiger partial charge in [0.2, 0.25) is 0 Å². The summed E-state index contributed by atoms with van der Waals surface area (Å²) in [5.41, 5.74) is 0. The third kappa shape index (κ3) is 2.98. The molecule has 0 aromatic carbocycles. The molecule has 3 rings (SSSR count). The quantitative estimate of drug-likeness (QED) is 0.825. The molecule has 3 nitrogen and oxygen atoms in total. The fourth-order valence-electron chi connectivity index (χ4n) is 4.50. The Hall–Kier alpha value is -0.120. The van der Waals surface area contributed by atoms with Crippen molar-refractivity contribution in [2.45, 2.75) is 76.5 Å². The van der Waals surface area contributed by atoms with Crippen LogP contribution < -0.4 is 5.32 Å². The van der Waals surface area contributed by atoms with Crippen molar-refractivity contribution in [1.82, 2.24) is 15.1 Å². The van der Waals surface area contributed by atoms with Gasteiger partial charge in [-0.1, -0.05) is 6.92 Å². The number of hydrogen-bond acceptors (Lipinski definition) is 3. The first-order valence-electron chi connectivity index (χ1n) is 8.52. The average molecular weight is 265 g/mol. The summed E-state index contributed by atoms with van der Waals surface area (Å²) in [6.07, 6.45) is 8.24. The lowest BCUT2D eigenvalue weighted by Gasteiger charge is -2.37. The summed E-state index contributed by atoms with van der Waals surface area (Å²) in [6.45, 7) is 10.0. The molecule has 0 spiro atoms. The van der Waals surface area contributed by atoms with Crippen molar-refractivity contribution in [1.29, 1.82) is 0 Å². The molecule has 3 fully saturated rings. The van der Waals surface area contributed by atoms with E-state index < -0.39 is 0 Å². The number of hydrogen-bond donors (Lipinski definition) is 1. The molecule has 0 aromatic heterocycles. The summed E-state index contributed by atoms with van der Waals surface area (Å²) in [5.74, 6) is 0. The topological polar surface area (TPSA) is 18.5 Å². The molecule has 0 saturated carbocycles. The molecular formula is C16H31N3. The lowest BCUT2D eigenvalue weighted by Crippen LogP contribution is -2.49. The van der Waals surface area contributed by atoms with E-state index in [1.807, 2.05) is 0 Å². The van der Waals surface area contributed by atoms with Crippen LogP contribution in [0.25, 0.3) is 0 Å². The normalized spacial score (nSPS) is 42.0. The Labute approximate surface area is 118 Å². The molecule has 3 aliphatic rings. The molecular weight excluding hydrogens is 234 g/mol. The summed E-state index contributed by atoms with van der Waals surface area (Å²) in [7, 11) is 0. The molecule has 19 heavy (non-hydrogen) atoms. The first-order chi connectivity index (χ1) is 9.28. The van der Waals surface area contributed by atoms with Crippen molar-refractivity contribution >= 4 is 0 Å². The van der Waals surface area contributed by atoms with E-state index in [0.29, 0.717) is 6.04 Å². The molecule has 0 amide bonds. The summed E-state index contributed by atoms with van der Waals surface area (Å²) in [6, 6.07) is 3.18. The first kappa shape index (κ1) is 13.8. The number of nitrogens with one attached hydrogen (secondary N) is 1. The van der Waals surface area contributed by atoms with E-state index in [2.05, 4.69) is 29.0 Å². The minimum Gasteiger partial charge on any atom is -0.311 e. The van der Waals surface area contributed by atoms with Crippen molar-refractivity contribution in [3.8, 4) is 0 Å². The van der Waals surface area contributed by atoms with Crippen LogP contribution in [0.5, 0.6) is 0 Å². The predicted octanol–water partition coefficient (Wildman–Crippen LogP) is 2.08. The molecule has 4 unspecified atom stereocenters. The van der Waals surface area contributed by atoms with E-state index in [1.54, 1.807) is 0 Å². The Kier molecular flexibility index (Phi) is 4.45. The third-order valence-electron chi connectivity index (χ3n) is 5.67. The van der Waals surface area contributed by atoms with E-state index >= 15 is 0 Å². The zero-order valence-electron chi connectivity index (χ0n) is 12.8. The second-order valence-electron chi connectivity index (χ2n) is 6.89. The highest BCUT2D eigenvalue weighted by molar-refractivity contribution is 4.97. The first-order valence-corrected chi connectivity index (χ1v) is 8.52. The Bertz CT molecular complexity index is 294. The molecule has 0 radical (unpaired) electrons. The minimum absolute atomic E-state index is 0.689. The fourth-order valence-corrected chi connectivity index (χ4v) is 4.50. The Morgan fingerprint density at radius 3 is 2.42 bits per heavy atom. The molecule has 3 saturated heterocycles. The second kappa shape index (κ2) is 6.11. The van der Waals surface area contributed by atoms with Gasteiger partial charge in [-0.2, -0.15) is 0 Å². The maximum atomic E-state index is 3.79.